The van der Waals surface area contributed by atoms with Gasteiger partial charge in [0.15, 0.2) is 16.7 Å². The number of hydrogen-bond acceptors (Lipinski definition) is 7. The van der Waals surface area contributed by atoms with Gasteiger partial charge in [-0.3, -0.25) is 9.36 Å². The lowest BCUT2D eigenvalue weighted by atomic mass is 10.2. The highest BCUT2D eigenvalue weighted by molar-refractivity contribution is 7.98. The minimum atomic E-state index is -0.346. The lowest BCUT2D eigenvalue weighted by Crippen LogP contribution is -2.22. The Morgan fingerprint density at radius 1 is 0.886 bits per heavy atom. The Kier molecular flexibility index (Phi) is 7.64. The molecule has 0 saturated carbocycles. The van der Waals surface area contributed by atoms with Gasteiger partial charge in [-0.05, 0) is 30.3 Å². The molecule has 0 atom stereocenters. The largest absolute Gasteiger partial charge is 0.496 e. The van der Waals surface area contributed by atoms with Crippen LogP contribution >= 0.6 is 35.0 Å². The van der Waals surface area contributed by atoms with Gasteiger partial charge in [0.1, 0.15) is 11.3 Å². The van der Waals surface area contributed by atoms with Crippen LogP contribution in [0.1, 0.15) is 5.56 Å². The van der Waals surface area contributed by atoms with Crippen molar-refractivity contribution < 1.29 is 18.9 Å². The van der Waals surface area contributed by atoms with Gasteiger partial charge in [0.05, 0.1) is 44.5 Å². The Hall–Kier alpha value is -3.07. The third-order valence-corrected chi connectivity index (χ3v) is 6.86. The Labute approximate surface area is 216 Å². The highest BCUT2D eigenvalue weighted by atomic mass is 35.5. The number of benzene rings is 3. The summed E-state index contributed by atoms with van der Waals surface area (Å²) in [5, 5.41) is 1.46. The number of fused-ring (bicyclic) bond motifs is 1. The number of para-hydroxylation sites is 1. The number of methoxy groups -OCH3 is 4. The first-order valence-corrected chi connectivity index (χ1v) is 12.1. The highest BCUT2D eigenvalue weighted by Gasteiger charge is 2.23. The first-order valence-electron chi connectivity index (χ1n) is 10.4. The van der Waals surface area contributed by atoms with Crippen LogP contribution in [-0.4, -0.2) is 38.0 Å². The maximum Gasteiger partial charge on any atom is 0.266 e. The van der Waals surface area contributed by atoms with Crippen LogP contribution in [0.15, 0.2) is 58.5 Å². The molecular formula is C25H22Cl2N2O5S. The fourth-order valence-electron chi connectivity index (χ4n) is 3.70. The maximum atomic E-state index is 13.9. The molecule has 10 heteroatoms. The summed E-state index contributed by atoms with van der Waals surface area (Å²) in [6.45, 7) is 0. The van der Waals surface area contributed by atoms with E-state index in [0.717, 1.165) is 11.3 Å². The smallest absolute Gasteiger partial charge is 0.266 e. The van der Waals surface area contributed by atoms with Crippen molar-refractivity contribution in [2.45, 2.75) is 10.9 Å². The topological polar surface area (TPSA) is 71.8 Å². The molecule has 0 fully saturated rings. The molecular weight excluding hydrogens is 511 g/mol. The van der Waals surface area contributed by atoms with E-state index in [1.165, 1.54) is 37.7 Å². The maximum absolute atomic E-state index is 13.9. The molecule has 0 aliphatic rings. The van der Waals surface area contributed by atoms with E-state index in [-0.39, 0.29) is 10.9 Å². The molecule has 0 amide bonds. The van der Waals surface area contributed by atoms with E-state index in [0.29, 0.717) is 49.4 Å². The van der Waals surface area contributed by atoms with E-state index >= 15 is 0 Å². The number of nitrogens with zero attached hydrogens (tertiary/aromatic N) is 2. The van der Waals surface area contributed by atoms with Crippen LogP contribution in [-0.2, 0) is 5.75 Å². The molecule has 182 valence electrons. The summed E-state index contributed by atoms with van der Waals surface area (Å²) in [4.78, 5) is 18.7. The molecule has 1 aromatic heterocycles. The lowest BCUT2D eigenvalue weighted by Gasteiger charge is -2.18. The number of rotatable bonds is 8. The molecule has 4 aromatic rings. The molecule has 7 nitrogen and oxygen atoms in total. The van der Waals surface area contributed by atoms with E-state index in [1.54, 1.807) is 31.4 Å². The third kappa shape index (κ3) is 4.74. The molecule has 1 heterocycles. The Balaban J connectivity index is 2.00. The van der Waals surface area contributed by atoms with Gasteiger partial charge in [0.2, 0.25) is 5.75 Å². The monoisotopic (exact) mass is 532 g/mol. The summed E-state index contributed by atoms with van der Waals surface area (Å²) in [5.74, 6) is 2.22. The van der Waals surface area contributed by atoms with E-state index in [1.807, 2.05) is 24.3 Å². The minimum absolute atomic E-state index is 0.284. The first-order chi connectivity index (χ1) is 16.9. The molecule has 4 rings (SSSR count). The van der Waals surface area contributed by atoms with Crippen LogP contribution in [0.2, 0.25) is 10.0 Å². The molecule has 0 spiro atoms. The van der Waals surface area contributed by atoms with Crippen LogP contribution in [0.4, 0.5) is 0 Å². The van der Waals surface area contributed by atoms with Gasteiger partial charge in [-0.25, -0.2) is 4.98 Å². The molecule has 35 heavy (non-hydrogen) atoms. The zero-order valence-electron chi connectivity index (χ0n) is 19.4. The Morgan fingerprint density at radius 2 is 1.60 bits per heavy atom. The highest BCUT2D eigenvalue weighted by Crippen LogP contribution is 2.43. The van der Waals surface area contributed by atoms with Gasteiger partial charge in [0.25, 0.3) is 5.56 Å². The van der Waals surface area contributed by atoms with E-state index in [9.17, 15) is 4.79 Å². The van der Waals surface area contributed by atoms with Crippen molar-refractivity contribution in [2.75, 3.05) is 28.4 Å². The van der Waals surface area contributed by atoms with Gasteiger partial charge in [0, 0.05) is 16.3 Å². The number of halogens is 2. The molecule has 0 bridgehead atoms. The number of ether oxygens (including phenoxy) is 4. The van der Waals surface area contributed by atoms with Gasteiger partial charge in [-0.2, -0.15) is 0 Å². The fraction of sp³-hybridized carbons (Fsp3) is 0.200. The Bertz CT molecular complexity index is 1460. The second-order valence-corrected chi connectivity index (χ2v) is 9.06. The SMILES string of the molecule is COc1ccccc1CSc1nc2c(OC)c(OC)c(OC)cc2c(=O)n1-c1ccc(Cl)cc1Cl. The first kappa shape index (κ1) is 25.0. The average Bonchev–Trinajstić information content (AvgIpc) is 2.87. The van der Waals surface area contributed by atoms with Crippen molar-refractivity contribution in [1.29, 1.82) is 0 Å². The second kappa shape index (κ2) is 10.7. The van der Waals surface area contributed by atoms with E-state index in [2.05, 4.69) is 0 Å². The van der Waals surface area contributed by atoms with Crippen LogP contribution < -0.4 is 24.5 Å². The van der Waals surface area contributed by atoms with Crippen LogP contribution in [0.3, 0.4) is 0 Å². The predicted octanol–water partition coefficient (Wildman–Crippen LogP) is 6.02. The van der Waals surface area contributed by atoms with Gasteiger partial charge in [-0.15, -0.1) is 0 Å². The summed E-state index contributed by atoms with van der Waals surface area (Å²) in [6.07, 6.45) is 0. The molecule has 0 aliphatic heterocycles. The summed E-state index contributed by atoms with van der Waals surface area (Å²) >= 11 is 14.0. The van der Waals surface area contributed by atoms with Crippen molar-refractivity contribution in [2.24, 2.45) is 0 Å². The normalized spacial score (nSPS) is 10.9. The van der Waals surface area contributed by atoms with Gasteiger partial charge < -0.3 is 18.9 Å². The zero-order valence-corrected chi connectivity index (χ0v) is 21.8. The number of aromatic nitrogens is 2. The summed E-state index contributed by atoms with van der Waals surface area (Å²) in [5.41, 5.74) is 1.40. The van der Waals surface area contributed by atoms with Crippen LogP contribution in [0.5, 0.6) is 23.0 Å². The summed E-state index contributed by atoms with van der Waals surface area (Å²) < 4.78 is 23.5. The quantitative estimate of drug-likeness (QED) is 0.203. The predicted molar refractivity (Wildman–Crippen MR) is 140 cm³/mol. The molecule has 3 aromatic carbocycles. The molecule has 0 saturated heterocycles. The van der Waals surface area contributed by atoms with Crippen molar-refractivity contribution in [3.8, 4) is 28.7 Å². The fourth-order valence-corrected chi connectivity index (χ4v) is 5.19. The van der Waals surface area contributed by atoms with E-state index < -0.39 is 0 Å². The van der Waals surface area contributed by atoms with Crippen molar-refractivity contribution in [3.63, 3.8) is 0 Å². The summed E-state index contributed by atoms with van der Waals surface area (Å²) in [6, 6.07) is 14.2. The second-order valence-electron chi connectivity index (χ2n) is 7.27. The van der Waals surface area contributed by atoms with Gasteiger partial charge in [-0.1, -0.05) is 53.2 Å². The molecule has 0 aliphatic carbocycles. The summed E-state index contributed by atoms with van der Waals surface area (Å²) in [7, 11) is 6.09. The third-order valence-electron chi connectivity index (χ3n) is 5.34. The van der Waals surface area contributed by atoms with Crippen molar-refractivity contribution in [1.82, 2.24) is 9.55 Å². The van der Waals surface area contributed by atoms with Crippen LogP contribution in [0, 0.1) is 0 Å². The zero-order chi connectivity index (χ0) is 25.1. The molecule has 0 N–H and O–H groups in total. The van der Waals surface area contributed by atoms with Crippen molar-refractivity contribution >= 4 is 45.9 Å². The van der Waals surface area contributed by atoms with Gasteiger partial charge >= 0.3 is 0 Å². The number of thioether (sulfide) groups is 1. The lowest BCUT2D eigenvalue weighted by molar-refractivity contribution is 0.326. The minimum Gasteiger partial charge on any atom is -0.496 e. The average molecular weight is 533 g/mol. The van der Waals surface area contributed by atoms with Crippen LogP contribution in [0.25, 0.3) is 16.6 Å². The molecule has 0 unspecified atom stereocenters. The Morgan fingerprint density at radius 3 is 2.26 bits per heavy atom. The van der Waals surface area contributed by atoms with Crippen molar-refractivity contribution in [3.05, 3.63) is 74.5 Å². The molecule has 0 radical (unpaired) electrons. The van der Waals surface area contributed by atoms with E-state index in [4.69, 9.17) is 47.1 Å². The standard InChI is InChI=1S/C25H22Cl2N2O5S/c1-31-19-8-6-5-7-14(19)13-35-25-28-21-16(12-20(32-2)22(33-3)23(21)34-4)24(30)29(25)18-10-9-15(26)11-17(18)27/h5-12H,13H2,1-4H3. The number of hydrogen-bond donors (Lipinski definition) is 0.